The number of nitrogens with zero attached hydrogens (tertiary/aromatic N) is 1. The summed E-state index contributed by atoms with van der Waals surface area (Å²) in [7, 11) is 0. The number of carbonyl (C=O) groups excluding carboxylic acids is 1. The van der Waals surface area contributed by atoms with Crippen LogP contribution in [0.5, 0.6) is 0 Å². The first-order chi connectivity index (χ1) is 12.6. The van der Waals surface area contributed by atoms with Gasteiger partial charge < -0.3 is 14.8 Å². The smallest absolute Gasteiger partial charge is 0.310 e. The zero-order chi connectivity index (χ0) is 17.8. The molecule has 6 atom stereocenters. The molecule has 140 valence electrons. The van der Waals surface area contributed by atoms with E-state index in [1.807, 2.05) is 12.1 Å². The Morgan fingerprint density at radius 1 is 1.31 bits per heavy atom. The van der Waals surface area contributed by atoms with E-state index in [0.717, 1.165) is 26.0 Å². The van der Waals surface area contributed by atoms with E-state index in [1.54, 1.807) is 12.4 Å². The van der Waals surface area contributed by atoms with Gasteiger partial charge in [-0.2, -0.15) is 0 Å². The molecule has 2 saturated carbocycles. The topological polar surface area (TPSA) is 63.8 Å². The largest absolute Gasteiger partial charge is 0.462 e. The van der Waals surface area contributed by atoms with Crippen LogP contribution in [0.2, 0.25) is 0 Å². The summed E-state index contributed by atoms with van der Waals surface area (Å²) in [6, 6.07) is 4.01. The van der Waals surface area contributed by atoms with Crippen LogP contribution in [0.15, 0.2) is 24.5 Å². The number of carbonyl (C=O) groups is 1. The highest BCUT2D eigenvalue weighted by Crippen LogP contribution is 2.62. The van der Waals surface area contributed by atoms with Crippen molar-refractivity contribution in [3.8, 4) is 0 Å². The van der Waals surface area contributed by atoms with Crippen molar-refractivity contribution >= 4 is 5.97 Å². The molecule has 1 aromatic rings. The molecule has 1 N–H and O–H groups in total. The van der Waals surface area contributed by atoms with Gasteiger partial charge in [0.05, 0.1) is 18.1 Å². The summed E-state index contributed by atoms with van der Waals surface area (Å²) in [5, 5.41) is 3.47. The first-order valence-corrected chi connectivity index (χ1v) is 10.0. The zero-order valence-electron chi connectivity index (χ0n) is 15.4. The van der Waals surface area contributed by atoms with E-state index in [2.05, 4.69) is 17.2 Å². The molecular weight excluding hydrogens is 328 g/mol. The third-order valence-corrected chi connectivity index (χ3v) is 7.52. The van der Waals surface area contributed by atoms with Gasteiger partial charge in [-0.25, -0.2) is 0 Å². The average Bonchev–Trinajstić information content (AvgIpc) is 3.33. The molecule has 5 nitrogen and oxygen atoms in total. The van der Waals surface area contributed by atoms with Crippen LogP contribution in [0, 0.1) is 23.2 Å². The molecule has 5 rings (SSSR count). The second-order valence-electron chi connectivity index (χ2n) is 9.09. The number of fused-ring (bicyclic) bond motifs is 3. The van der Waals surface area contributed by atoms with Gasteiger partial charge in [0.25, 0.3) is 0 Å². The lowest BCUT2D eigenvalue weighted by Gasteiger charge is -2.51. The molecule has 1 spiro atoms. The van der Waals surface area contributed by atoms with Crippen LogP contribution < -0.4 is 5.32 Å². The number of hydrogen-bond acceptors (Lipinski definition) is 5. The van der Waals surface area contributed by atoms with Crippen LogP contribution in [0.25, 0.3) is 0 Å². The molecule has 3 heterocycles. The minimum absolute atomic E-state index is 0.00441. The van der Waals surface area contributed by atoms with E-state index in [0.29, 0.717) is 18.4 Å². The Balaban J connectivity index is 1.28. The third kappa shape index (κ3) is 2.67. The second kappa shape index (κ2) is 6.03. The van der Waals surface area contributed by atoms with Crippen molar-refractivity contribution in [3.05, 3.63) is 30.1 Å². The molecule has 4 fully saturated rings. The molecule has 5 heteroatoms. The molecule has 2 aliphatic heterocycles. The number of ether oxygens (including phenoxy) is 2. The van der Waals surface area contributed by atoms with Crippen molar-refractivity contribution in [1.29, 1.82) is 0 Å². The maximum absolute atomic E-state index is 12.6. The Morgan fingerprint density at radius 3 is 2.88 bits per heavy atom. The molecule has 0 aromatic carbocycles. The van der Waals surface area contributed by atoms with Crippen LogP contribution in [-0.4, -0.2) is 35.8 Å². The van der Waals surface area contributed by atoms with Crippen molar-refractivity contribution < 1.29 is 14.3 Å². The van der Waals surface area contributed by atoms with E-state index in [-0.39, 0.29) is 29.0 Å². The van der Waals surface area contributed by atoms with Gasteiger partial charge in [-0.3, -0.25) is 9.78 Å². The van der Waals surface area contributed by atoms with Gasteiger partial charge in [0.2, 0.25) is 0 Å². The Bertz CT molecular complexity index is 690. The molecule has 0 amide bonds. The van der Waals surface area contributed by atoms with Crippen LogP contribution in [-0.2, 0) is 20.8 Å². The molecule has 2 saturated heterocycles. The summed E-state index contributed by atoms with van der Waals surface area (Å²) in [4.78, 5) is 16.6. The quantitative estimate of drug-likeness (QED) is 0.664. The lowest BCUT2D eigenvalue weighted by molar-refractivity contribution is -0.147. The van der Waals surface area contributed by atoms with Gasteiger partial charge in [0.1, 0.15) is 6.10 Å². The minimum atomic E-state index is -0.0240. The molecule has 0 unspecified atom stereocenters. The summed E-state index contributed by atoms with van der Waals surface area (Å²) in [6.07, 6.45) is 9.49. The van der Waals surface area contributed by atoms with Crippen LogP contribution in [0.4, 0.5) is 0 Å². The number of pyridine rings is 1. The van der Waals surface area contributed by atoms with Gasteiger partial charge in [0.15, 0.2) is 0 Å². The van der Waals surface area contributed by atoms with Crippen LogP contribution in [0.3, 0.4) is 0 Å². The monoisotopic (exact) mass is 356 g/mol. The highest BCUT2D eigenvalue weighted by atomic mass is 16.6. The van der Waals surface area contributed by atoms with E-state index in [4.69, 9.17) is 9.47 Å². The number of esters is 1. The van der Waals surface area contributed by atoms with Gasteiger partial charge >= 0.3 is 5.97 Å². The van der Waals surface area contributed by atoms with Crippen molar-refractivity contribution in [1.82, 2.24) is 10.3 Å². The fourth-order valence-electron chi connectivity index (χ4n) is 6.06. The standard InChI is InChI=1S/C21H28N2O3/c1-20-5-2-6-21(13-25-21)18(20)9-15-16(19(24)26-17(15)10-20)12-23-11-14-3-7-22-8-4-14/h3-4,7-8,15-18,23H,2,5-6,9-13H2,1H3/t15-,16+,17-,18-,20-,21+/m1/s1. The summed E-state index contributed by atoms with van der Waals surface area (Å²) in [5.41, 5.74) is 1.59. The van der Waals surface area contributed by atoms with Crippen LogP contribution in [0.1, 0.15) is 44.6 Å². The van der Waals surface area contributed by atoms with Crippen LogP contribution >= 0.6 is 0 Å². The molecule has 4 aliphatic rings. The van der Waals surface area contributed by atoms with E-state index in [1.165, 1.54) is 24.8 Å². The normalized spacial score (nSPS) is 43.7. The Labute approximate surface area is 154 Å². The van der Waals surface area contributed by atoms with Crippen molar-refractivity contribution in [3.63, 3.8) is 0 Å². The second-order valence-corrected chi connectivity index (χ2v) is 9.09. The van der Waals surface area contributed by atoms with Gasteiger partial charge in [-0.15, -0.1) is 0 Å². The Kier molecular flexibility index (Phi) is 3.87. The van der Waals surface area contributed by atoms with Gasteiger partial charge in [0, 0.05) is 31.4 Å². The van der Waals surface area contributed by atoms with E-state index in [9.17, 15) is 4.79 Å². The van der Waals surface area contributed by atoms with E-state index >= 15 is 0 Å². The molecule has 0 bridgehead atoms. The zero-order valence-corrected chi connectivity index (χ0v) is 15.4. The highest BCUT2D eigenvalue weighted by molar-refractivity contribution is 5.75. The first kappa shape index (κ1) is 16.7. The number of aromatic nitrogens is 1. The third-order valence-electron chi connectivity index (χ3n) is 7.52. The number of rotatable bonds is 4. The Hall–Kier alpha value is -1.46. The molecule has 2 aliphatic carbocycles. The molecule has 26 heavy (non-hydrogen) atoms. The number of hydrogen-bond donors (Lipinski definition) is 1. The minimum Gasteiger partial charge on any atom is -0.462 e. The summed E-state index contributed by atoms with van der Waals surface area (Å²) >= 11 is 0. The average molecular weight is 356 g/mol. The number of nitrogens with one attached hydrogen (secondary N) is 1. The fraction of sp³-hybridized carbons (Fsp3) is 0.714. The van der Waals surface area contributed by atoms with Gasteiger partial charge in [-0.1, -0.05) is 6.92 Å². The highest BCUT2D eigenvalue weighted by Gasteiger charge is 2.64. The first-order valence-electron chi connectivity index (χ1n) is 10.0. The summed E-state index contributed by atoms with van der Waals surface area (Å²) in [5.74, 6) is 0.895. The maximum Gasteiger partial charge on any atom is 0.310 e. The summed E-state index contributed by atoms with van der Waals surface area (Å²) in [6.45, 7) is 4.78. The van der Waals surface area contributed by atoms with Crippen molar-refractivity contribution in [2.75, 3.05) is 13.2 Å². The van der Waals surface area contributed by atoms with Crippen molar-refractivity contribution in [2.45, 2.75) is 57.3 Å². The van der Waals surface area contributed by atoms with Crippen molar-refractivity contribution in [2.24, 2.45) is 23.2 Å². The molecular formula is C21H28N2O3. The lowest BCUT2D eigenvalue weighted by atomic mass is 9.53. The SMILES string of the molecule is C[C@]12CCC[C@]3(CO3)[C@@H]1C[C@@H]1[C@H](CNCc3ccncc3)C(=O)O[C@@H]1C2. The predicted octanol–water partition coefficient (Wildman–Crippen LogP) is 2.70. The van der Waals surface area contributed by atoms with Gasteiger partial charge in [-0.05, 0) is 61.1 Å². The van der Waals surface area contributed by atoms with E-state index < -0.39 is 0 Å². The Morgan fingerprint density at radius 2 is 2.12 bits per heavy atom. The fourth-order valence-corrected chi connectivity index (χ4v) is 6.06. The lowest BCUT2D eigenvalue weighted by Crippen LogP contribution is -2.51. The molecule has 1 aromatic heterocycles. The predicted molar refractivity (Wildman–Crippen MR) is 96.2 cm³/mol. The summed E-state index contributed by atoms with van der Waals surface area (Å²) < 4.78 is 11.8. The maximum atomic E-state index is 12.6. The number of epoxide rings is 1. The molecule has 0 radical (unpaired) electrons.